The van der Waals surface area contributed by atoms with Crippen molar-refractivity contribution < 1.29 is 0 Å². The third kappa shape index (κ3) is 3.17. The summed E-state index contributed by atoms with van der Waals surface area (Å²) in [6, 6.07) is 11.0. The quantitative estimate of drug-likeness (QED) is 0.846. The lowest BCUT2D eigenvalue weighted by atomic mass is 10.1. The van der Waals surface area contributed by atoms with Gasteiger partial charge in [-0.05, 0) is 19.1 Å². The van der Waals surface area contributed by atoms with Crippen molar-refractivity contribution >= 4 is 0 Å². The molecule has 1 aromatic carbocycles. The molecule has 1 heterocycles. The first-order chi connectivity index (χ1) is 8.15. The number of nitrogens with one attached hydrogen (secondary N) is 2. The zero-order valence-electron chi connectivity index (χ0n) is 10.6. The van der Waals surface area contributed by atoms with Crippen molar-refractivity contribution in [2.24, 2.45) is 0 Å². The largest absolute Gasteiger partial charge is 0.309 e. The second kappa shape index (κ2) is 5.15. The monoisotopic (exact) mass is 229 g/mol. The van der Waals surface area contributed by atoms with Gasteiger partial charge in [-0.1, -0.05) is 37.6 Å². The van der Waals surface area contributed by atoms with Crippen LogP contribution in [0.25, 0.3) is 11.3 Å². The second-order valence-electron chi connectivity index (χ2n) is 4.68. The van der Waals surface area contributed by atoms with Crippen molar-refractivity contribution in [1.29, 1.82) is 0 Å². The van der Waals surface area contributed by atoms with Crippen molar-refractivity contribution in [3.05, 3.63) is 41.6 Å². The number of nitrogens with zero attached hydrogens (tertiary/aromatic N) is 1. The highest BCUT2D eigenvalue weighted by Crippen LogP contribution is 2.18. The molecule has 0 saturated carbocycles. The van der Waals surface area contributed by atoms with Gasteiger partial charge in [-0.15, -0.1) is 0 Å². The van der Waals surface area contributed by atoms with Crippen molar-refractivity contribution in [2.75, 3.05) is 0 Å². The Labute approximate surface area is 102 Å². The Kier molecular flexibility index (Phi) is 3.59. The molecule has 3 nitrogen and oxygen atoms in total. The highest BCUT2D eigenvalue weighted by molar-refractivity contribution is 5.60. The molecule has 0 fully saturated rings. The standard InChI is InChI=1S/C14H19N3/c1-10(2)15-9-13-8-14(17-16-13)12-6-4-5-11(3)7-12/h4-8,10,15H,9H2,1-3H3,(H,16,17). The predicted molar refractivity (Wildman–Crippen MR) is 70.7 cm³/mol. The summed E-state index contributed by atoms with van der Waals surface area (Å²) in [5.74, 6) is 0. The summed E-state index contributed by atoms with van der Waals surface area (Å²) in [5.41, 5.74) is 4.55. The van der Waals surface area contributed by atoms with Gasteiger partial charge in [0.15, 0.2) is 0 Å². The molecule has 0 amide bonds. The average Bonchev–Trinajstić information content (AvgIpc) is 2.75. The summed E-state index contributed by atoms with van der Waals surface area (Å²) in [6.45, 7) is 7.20. The molecule has 2 aromatic rings. The van der Waals surface area contributed by atoms with E-state index in [2.05, 4.69) is 66.6 Å². The van der Waals surface area contributed by atoms with Gasteiger partial charge in [-0.2, -0.15) is 5.10 Å². The lowest BCUT2D eigenvalue weighted by Gasteiger charge is -2.04. The molecule has 3 heteroatoms. The molecular weight excluding hydrogens is 210 g/mol. The van der Waals surface area contributed by atoms with E-state index in [0.717, 1.165) is 23.5 Å². The molecule has 2 N–H and O–H groups in total. The van der Waals surface area contributed by atoms with Crippen molar-refractivity contribution in [3.8, 4) is 11.3 Å². The minimum atomic E-state index is 0.487. The zero-order valence-corrected chi connectivity index (χ0v) is 10.6. The Hall–Kier alpha value is -1.61. The van der Waals surface area contributed by atoms with Crippen molar-refractivity contribution in [2.45, 2.75) is 33.4 Å². The highest BCUT2D eigenvalue weighted by Gasteiger charge is 2.04. The fourth-order valence-electron chi connectivity index (χ4n) is 1.72. The number of hydrogen-bond acceptors (Lipinski definition) is 2. The van der Waals surface area contributed by atoms with E-state index < -0.39 is 0 Å². The number of rotatable bonds is 4. The Morgan fingerprint density at radius 2 is 2.12 bits per heavy atom. The van der Waals surface area contributed by atoms with Gasteiger partial charge in [0.1, 0.15) is 0 Å². The van der Waals surface area contributed by atoms with Crippen LogP contribution in [0, 0.1) is 6.92 Å². The summed E-state index contributed by atoms with van der Waals surface area (Å²) in [5, 5.41) is 10.8. The molecule has 0 unspecified atom stereocenters. The lowest BCUT2D eigenvalue weighted by Crippen LogP contribution is -2.21. The highest BCUT2D eigenvalue weighted by atomic mass is 15.1. The van der Waals surface area contributed by atoms with Gasteiger partial charge in [-0.25, -0.2) is 0 Å². The molecule has 0 atom stereocenters. The fraction of sp³-hybridized carbons (Fsp3) is 0.357. The molecule has 90 valence electrons. The zero-order chi connectivity index (χ0) is 12.3. The molecule has 0 aliphatic rings. The smallest absolute Gasteiger partial charge is 0.0924 e. The minimum absolute atomic E-state index is 0.487. The summed E-state index contributed by atoms with van der Waals surface area (Å²) in [4.78, 5) is 0. The molecule has 0 bridgehead atoms. The van der Waals surface area contributed by atoms with Crippen LogP contribution in [0.3, 0.4) is 0 Å². The molecule has 17 heavy (non-hydrogen) atoms. The Balaban J connectivity index is 2.12. The van der Waals surface area contributed by atoms with Gasteiger partial charge in [0.25, 0.3) is 0 Å². The van der Waals surface area contributed by atoms with Gasteiger partial charge in [0.05, 0.1) is 5.69 Å². The van der Waals surface area contributed by atoms with Crippen LogP contribution < -0.4 is 5.32 Å². The molecular formula is C14H19N3. The molecule has 2 rings (SSSR count). The van der Waals surface area contributed by atoms with E-state index in [1.165, 1.54) is 5.56 Å². The first-order valence-electron chi connectivity index (χ1n) is 6.00. The van der Waals surface area contributed by atoms with Gasteiger partial charge >= 0.3 is 0 Å². The van der Waals surface area contributed by atoms with Crippen molar-refractivity contribution in [1.82, 2.24) is 15.5 Å². The number of H-pyrrole nitrogens is 1. The number of aromatic nitrogens is 2. The van der Waals surface area contributed by atoms with Crippen LogP contribution in [-0.4, -0.2) is 16.2 Å². The first-order valence-corrected chi connectivity index (χ1v) is 6.00. The van der Waals surface area contributed by atoms with Crippen molar-refractivity contribution in [3.63, 3.8) is 0 Å². The van der Waals surface area contributed by atoms with Gasteiger partial charge in [0.2, 0.25) is 0 Å². The first kappa shape index (κ1) is 11.9. The summed E-state index contributed by atoms with van der Waals surface area (Å²) in [6.07, 6.45) is 0. The maximum atomic E-state index is 4.34. The van der Waals surface area contributed by atoms with Crippen LogP contribution in [0.4, 0.5) is 0 Å². The van der Waals surface area contributed by atoms with E-state index in [0.29, 0.717) is 6.04 Å². The number of benzene rings is 1. The third-order valence-corrected chi connectivity index (χ3v) is 2.65. The van der Waals surface area contributed by atoms with Gasteiger partial charge in [0, 0.05) is 23.8 Å². The van der Waals surface area contributed by atoms with Crippen LogP contribution in [0.1, 0.15) is 25.1 Å². The fourth-order valence-corrected chi connectivity index (χ4v) is 1.72. The van der Waals surface area contributed by atoms with Gasteiger partial charge < -0.3 is 5.32 Å². The van der Waals surface area contributed by atoms with E-state index in [1.807, 2.05) is 0 Å². The summed E-state index contributed by atoms with van der Waals surface area (Å²) in [7, 11) is 0. The Morgan fingerprint density at radius 3 is 2.82 bits per heavy atom. The molecule has 0 spiro atoms. The minimum Gasteiger partial charge on any atom is -0.309 e. The number of aryl methyl sites for hydroxylation is 1. The third-order valence-electron chi connectivity index (χ3n) is 2.65. The van der Waals surface area contributed by atoms with Crippen LogP contribution in [0.2, 0.25) is 0 Å². The van der Waals surface area contributed by atoms with E-state index >= 15 is 0 Å². The summed E-state index contributed by atoms with van der Waals surface area (Å²) >= 11 is 0. The number of aromatic amines is 1. The van der Waals surface area contributed by atoms with Gasteiger partial charge in [-0.3, -0.25) is 5.10 Å². The SMILES string of the molecule is Cc1cccc(-c2cc(CNC(C)C)[nH]n2)c1. The van der Waals surface area contributed by atoms with E-state index in [-0.39, 0.29) is 0 Å². The van der Waals surface area contributed by atoms with Crippen LogP contribution in [-0.2, 0) is 6.54 Å². The molecule has 1 aromatic heterocycles. The Bertz CT molecular complexity index is 486. The molecule has 0 aliphatic heterocycles. The van der Waals surface area contributed by atoms with E-state index in [4.69, 9.17) is 0 Å². The molecule has 0 saturated heterocycles. The Morgan fingerprint density at radius 1 is 1.29 bits per heavy atom. The van der Waals surface area contributed by atoms with E-state index in [9.17, 15) is 0 Å². The van der Waals surface area contributed by atoms with Crippen LogP contribution in [0.5, 0.6) is 0 Å². The van der Waals surface area contributed by atoms with Crippen LogP contribution >= 0.6 is 0 Å². The average molecular weight is 229 g/mol. The predicted octanol–water partition coefficient (Wildman–Crippen LogP) is 2.88. The van der Waals surface area contributed by atoms with E-state index in [1.54, 1.807) is 0 Å². The normalized spacial score (nSPS) is 11.1. The second-order valence-corrected chi connectivity index (χ2v) is 4.68. The maximum absolute atomic E-state index is 4.34. The van der Waals surface area contributed by atoms with Crippen LogP contribution in [0.15, 0.2) is 30.3 Å². The lowest BCUT2D eigenvalue weighted by molar-refractivity contribution is 0.580. The molecule has 0 radical (unpaired) electrons. The summed E-state index contributed by atoms with van der Waals surface area (Å²) < 4.78 is 0. The molecule has 0 aliphatic carbocycles. The topological polar surface area (TPSA) is 40.7 Å². The number of hydrogen-bond donors (Lipinski definition) is 2. The maximum Gasteiger partial charge on any atom is 0.0924 e.